The molecule has 2 aliphatic heterocycles. The lowest BCUT2D eigenvalue weighted by atomic mass is 10.1. The molecule has 0 N–H and O–H groups in total. The van der Waals surface area contributed by atoms with Gasteiger partial charge < -0.3 is 9.47 Å². The summed E-state index contributed by atoms with van der Waals surface area (Å²) < 4.78 is 51.0. The Morgan fingerprint density at radius 3 is 2.76 bits per heavy atom. The summed E-state index contributed by atoms with van der Waals surface area (Å²) in [5.41, 5.74) is 1.40. The molecule has 0 saturated carbocycles. The Hall–Kier alpha value is -4.41. The number of pyridine rings is 1. The van der Waals surface area contributed by atoms with Crippen LogP contribution in [-0.2, 0) is 0 Å². The van der Waals surface area contributed by atoms with E-state index in [4.69, 9.17) is 0 Å². The molecule has 2 aromatic heterocycles. The van der Waals surface area contributed by atoms with E-state index in [2.05, 4.69) is 24.7 Å². The number of nitrogens with zero attached hydrogens (tertiary/aromatic N) is 5. The second kappa shape index (κ2) is 7.30. The molecule has 6 rings (SSSR count). The van der Waals surface area contributed by atoms with Crippen molar-refractivity contribution in [3.63, 3.8) is 0 Å². The standard InChI is InChI=1S/C23H14F3N5O3/c24-13-1-3-16-15(11-13)17(5-8-27-16)31-18(6-9-28-31)22-19(32)7-10-30(29-22)14-2-4-20-21(12-14)34-23(25,26)33-20/h1-5,7-12,18H,6H2. The van der Waals surface area contributed by atoms with Gasteiger partial charge >= 0.3 is 6.29 Å². The average Bonchev–Trinajstić information content (AvgIpc) is 3.41. The maximum Gasteiger partial charge on any atom is 0.586 e. The number of hydrogen-bond donors (Lipinski definition) is 0. The molecule has 0 radical (unpaired) electrons. The van der Waals surface area contributed by atoms with E-state index < -0.39 is 18.2 Å². The molecule has 11 heteroatoms. The molecule has 4 aromatic rings. The maximum atomic E-state index is 14.0. The minimum atomic E-state index is -3.74. The van der Waals surface area contributed by atoms with Gasteiger partial charge in [-0.05, 0) is 36.4 Å². The average molecular weight is 465 g/mol. The van der Waals surface area contributed by atoms with Crippen molar-refractivity contribution in [1.82, 2.24) is 14.8 Å². The molecular weight excluding hydrogens is 451 g/mol. The molecule has 0 saturated heterocycles. The van der Waals surface area contributed by atoms with Crippen molar-refractivity contribution in [2.24, 2.45) is 5.10 Å². The number of fused-ring (bicyclic) bond motifs is 2. The number of rotatable bonds is 3. The van der Waals surface area contributed by atoms with E-state index in [9.17, 15) is 18.0 Å². The molecule has 0 spiro atoms. The van der Waals surface area contributed by atoms with Crippen LogP contribution in [0.15, 0.2) is 70.8 Å². The van der Waals surface area contributed by atoms with Crippen molar-refractivity contribution < 1.29 is 22.6 Å². The van der Waals surface area contributed by atoms with Crippen molar-refractivity contribution in [1.29, 1.82) is 0 Å². The summed E-state index contributed by atoms with van der Waals surface area (Å²) in [6.07, 6.45) is 1.31. The van der Waals surface area contributed by atoms with Crippen LogP contribution in [0, 0.1) is 5.82 Å². The first-order valence-electron chi connectivity index (χ1n) is 10.2. The van der Waals surface area contributed by atoms with Crippen LogP contribution in [0.1, 0.15) is 18.2 Å². The van der Waals surface area contributed by atoms with Crippen LogP contribution in [0.2, 0.25) is 0 Å². The van der Waals surface area contributed by atoms with Gasteiger partial charge in [-0.2, -0.15) is 10.2 Å². The third-order valence-corrected chi connectivity index (χ3v) is 5.56. The number of aromatic nitrogens is 3. The van der Waals surface area contributed by atoms with Gasteiger partial charge in [-0.3, -0.25) is 14.8 Å². The Morgan fingerprint density at radius 2 is 1.88 bits per heavy atom. The second-order valence-electron chi connectivity index (χ2n) is 7.69. The number of anilines is 1. The Balaban J connectivity index is 1.40. The van der Waals surface area contributed by atoms with Gasteiger partial charge in [0.1, 0.15) is 17.6 Å². The van der Waals surface area contributed by atoms with Gasteiger partial charge in [0.25, 0.3) is 0 Å². The van der Waals surface area contributed by atoms with Gasteiger partial charge in [-0.25, -0.2) is 9.07 Å². The third-order valence-electron chi connectivity index (χ3n) is 5.56. The largest absolute Gasteiger partial charge is 0.586 e. The normalized spacial score (nSPS) is 18.1. The minimum absolute atomic E-state index is 0.0952. The first-order valence-corrected chi connectivity index (χ1v) is 10.2. The van der Waals surface area contributed by atoms with Crippen LogP contribution < -0.4 is 19.9 Å². The lowest BCUT2D eigenvalue weighted by Gasteiger charge is -2.24. The van der Waals surface area contributed by atoms with E-state index >= 15 is 0 Å². The Kier molecular flexibility index (Phi) is 4.34. The Labute approximate surface area is 189 Å². The van der Waals surface area contributed by atoms with Crippen LogP contribution in [-0.4, -0.2) is 27.3 Å². The maximum absolute atomic E-state index is 14.0. The highest BCUT2D eigenvalue weighted by molar-refractivity contribution is 5.92. The number of hydrazone groups is 1. The molecule has 1 unspecified atom stereocenters. The van der Waals surface area contributed by atoms with Crippen LogP contribution in [0.25, 0.3) is 16.6 Å². The first kappa shape index (κ1) is 20.2. The number of hydrogen-bond acceptors (Lipinski definition) is 7. The molecule has 2 aromatic carbocycles. The number of benzene rings is 2. The minimum Gasteiger partial charge on any atom is -0.395 e. The second-order valence-corrected chi connectivity index (χ2v) is 7.69. The summed E-state index contributed by atoms with van der Waals surface area (Å²) in [5.74, 6) is -0.655. The van der Waals surface area contributed by atoms with Crippen LogP contribution >= 0.6 is 0 Å². The van der Waals surface area contributed by atoms with E-state index in [-0.39, 0.29) is 22.6 Å². The SMILES string of the molecule is O=c1ccn(-c2ccc3c(c2)OC(F)(F)O3)nc1C1CC=NN1c1ccnc2ccc(F)cc12. The zero-order valence-corrected chi connectivity index (χ0v) is 17.2. The highest BCUT2D eigenvalue weighted by atomic mass is 19.3. The van der Waals surface area contributed by atoms with Crippen LogP contribution in [0.5, 0.6) is 11.5 Å². The summed E-state index contributed by atoms with van der Waals surface area (Å²) in [4.78, 5) is 17.0. The van der Waals surface area contributed by atoms with E-state index in [0.717, 1.165) is 0 Å². The molecule has 0 aliphatic carbocycles. The zero-order chi connectivity index (χ0) is 23.4. The van der Waals surface area contributed by atoms with Crippen LogP contribution in [0.4, 0.5) is 18.9 Å². The van der Waals surface area contributed by atoms with Crippen molar-refractivity contribution in [2.75, 3.05) is 5.01 Å². The Morgan fingerprint density at radius 1 is 1.03 bits per heavy atom. The van der Waals surface area contributed by atoms with Gasteiger partial charge in [0, 0.05) is 42.5 Å². The van der Waals surface area contributed by atoms with Crippen molar-refractivity contribution in [2.45, 2.75) is 18.8 Å². The molecular formula is C23H14F3N5O3. The number of ether oxygens (including phenoxy) is 2. The monoisotopic (exact) mass is 465 g/mol. The molecule has 0 bridgehead atoms. The molecule has 0 fully saturated rings. The van der Waals surface area contributed by atoms with Gasteiger partial charge in [0.15, 0.2) is 11.5 Å². The summed E-state index contributed by atoms with van der Waals surface area (Å²) in [6, 6.07) is 10.9. The molecule has 2 aliphatic rings. The summed E-state index contributed by atoms with van der Waals surface area (Å²) in [7, 11) is 0. The summed E-state index contributed by atoms with van der Waals surface area (Å²) in [5, 5.41) is 11.0. The van der Waals surface area contributed by atoms with Crippen molar-refractivity contribution in [3.05, 3.63) is 82.7 Å². The summed E-state index contributed by atoms with van der Waals surface area (Å²) >= 11 is 0. The fraction of sp³-hybridized carbons (Fsp3) is 0.130. The van der Waals surface area contributed by atoms with Gasteiger partial charge in [-0.1, -0.05) is 0 Å². The zero-order valence-electron chi connectivity index (χ0n) is 17.2. The molecule has 0 amide bonds. The van der Waals surface area contributed by atoms with E-state index in [1.807, 2.05) is 0 Å². The molecule has 34 heavy (non-hydrogen) atoms. The predicted octanol–water partition coefficient (Wildman–Crippen LogP) is 4.18. The molecule has 1 atom stereocenters. The third kappa shape index (κ3) is 3.33. The first-order chi connectivity index (χ1) is 16.4. The highest BCUT2D eigenvalue weighted by Gasteiger charge is 2.43. The molecule has 8 nitrogen and oxygen atoms in total. The number of halogens is 3. The van der Waals surface area contributed by atoms with Gasteiger partial charge in [-0.15, -0.1) is 8.78 Å². The molecule has 170 valence electrons. The quantitative estimate of drug-likeness (QED) is 0.452. The smallest absolute Gasteiger partial charge is 0.395 e. The number of alkyl halides is 2. The predicted molar refractivity (Wildman–Crippen MR) is 116 cm³/mol. The van der Waals surface area contributed by atoms with Crippen molar-refractivity contribution >= 4 is 22.8 Å². The topological polar surface area (TPSA) is 81.8 Å². The van der Waals surface area contributed by atoms with Gasteiger partial charge in [0.2, 0.25) is 5.43 Å². The van der Waals surface area contributed by atoms with Gasteiger partial charge in [0.05, 0.1) is 16.9 Å². The lowest BCUT2D eigenvalue weighted by Crippen LogP contribution is -2.27. The highest BCUT2D eigenvalue weighted by Crippen LogP contribution is 2.42. The fourth-order valence-electron chi connectivity index (χ4n) is 4.05. The lowest BCUT2D eigenvalue weighted by molar-refractivity contribution is -0.286. The van der Waals surface area contributed by atoms with E-state index in [0.29, 0.717) is 28.7 Å². The van der Waals surface area contributed by atoms with Crippen molar-refractivity contribution in [3.8, 4) is 17.2 Å². The van der Waals surface area contributed by atoms with E-state index in [1.165, 1.54) is 47.3 Å². The summed E-state index contributed by atoms with van der Waals surface area (Å²) in [6.45, 7) is 0. The van der Waals surface area contributed by atoms with Crippen LogP contribution in [0.3, 0.4) is 0 Å². The van der Waals surface area contributed by atoms with E-state index in [1.54, 1.807) is 29.6 Å². The Bertz CT molecular complexity index is 1540. The fourth-order valence-corrected chi connectivity index (χ4v) is 4.05. The molecule has 4 heterocycles.